The normalized spacial score (nSPS) is 15.5. The van der Waals surface area contributed by atoms with E-state index < -0.39 is 0 Å². The monoisotopic (exact) mass is 383 g/mol. The molecule has 3 aromatic carbocycles. The van der Waals surface area contributed by atoms with Crippen LogP contribution >= 0.6 is 0 Å². The molecule has 3 aromatic rings. The second kappa shape index (κ2) is 8.16. The van der Waals surface area contributed by atoms with Crippen LogP contribution in [0.1, 0.15) is 54.6 Å². The maximum absolute atomic E-state index is 2.64. The second-order valence-corrected chi connectivity index (χ2v) is 9.66. The van der Waals surface area contributed by atoms with E-state index in [0.717, 1.165) is 19.0 Å². The summed E-state index contributed by atoms with van der Waals surface area (Å²) in [4.78, 5) is 2.64. The molecule has 1 fully saturated rings. The lowest BCUT2D eigenvalue weighted by Gasteiger charge is -2.45. The van der Waals surface area contributed by atoms with Crippen LogP contribution in [0.2, 0.25) is 0 Å². The van der Waals surface area contributed by atoms with Gasteiger partial charge >= 0.3 is 0 Å². The maximum Gasteiger partial charge on any atom is 0.0602 e. The van der Waals surface area contributed by atoms with Gasteiger partial charge in [0.05, 0.1) is 6.04 Å². The Labute approximate surface area is 176 Å². The Bertz CT molecular complexity index is 892. The molecule has 0 atom stereocenters. The Morgan fingerprint density at radius 2 is 1.38 bits per heavy atom. The Morgan fingerprint density at radius 1 is 0.828 bits per heavy atom. The molecule has 0 N–H and O–H groups in total. The third kappa shape index (κ3) is 4.46. The predicted octanol–water partition coefficient (Wildman–Crippen LogP) is 6.56. The third-order valence-corrected chi connectivity index (χ3v) is 6.16. The molecule has 29 heavy (non-hydrogen) atoms. The molecule has 0 spiro atoms. The smallest absolute Gasteiger partial charge is 0.0602 e. The van der Waals surface area contributed by atoms with E-state index in [1.54, 1.807) is 0 Å². The number of rotatable bonds is 5. The molecule has 0 amide bonds. The summed E-state index contributed by atoms with van der Waals surface area (Å²) in [6.07, 6.45) is 1.18. The van der Waals surface area contributed by atoms with Crippen molar-refractivity contribution >= 4 is 0 Å². The van der Waals surface area contributed by atoms with Crippen molar-refractivity contribution in [2.24, 2.45) is 5.92 Å². The zero-order valence-corrected chi connectivity index (χ0v) is 18.2. The summed E-state index contributed by atoms with van der Waals surface area (Å²) in [7, 11) is 0. The van der Waals surface area contributed by atoms with Gasteiger partial charge in [-0.1, -0.05) is 105 Å². The lowest BCUT2D eigenvalue weighted by molar-refractivity contribution is 0.0686. The Morgan fingerprint density at radius 3 is 1.90 bits per heavy atom. The quantitative estimate of drug-likeness (QED) is 0.482. The lowest BCUT2D eigenvalue weighted by Crippen LogP contribution is -2.49. The molecule has 4 rings (SSSR count). The van der Waals surface area contributed by atoms with Crippen LogP contribution in [0.3, 0.4) is 0 Å². The minimum atomic E-state index is 0.196. The largest absolute Gasteiger partial charge is 0.292 e. The van der Waals surface area contributed by atoms with Gasteiger partial charge in [-0.2, -0.15) is 0 Å². The molecule has 1 aliphatic rings. The summed E-state index contributed by atoms with van der Waals surface area (Å²) in [5.74, 6) is 0.730. The van der Waals surface area contributed by atoms with Gasteiger partial charge in [0.15, 0.2) is 0 Å². The summed E-state index contributed by atoms with van der Waals surface area (Å²) in [6.45, 7) is 11.5. The standard InChI is InChI=1S/C28H33N/c1-21-15-16-25(26(17-21)28(2,3)4)18-22-19-29(20-22)27(23-11-7-5-8-12-23)24-13-9-6-10-14-24/h5-17,22,27H,18-20H2,1-4H3. The van der Waals surface area contributed by atoms with Crippen molar-refractivity contribution in [2.45, 2.75) is 45.6 Å². The highest BCUT2D eigenvalue weighted by Gasteiger charge is 2.34. The Balaban J connectivity index is 1.51. The van der Waals surface area contributed by atoms with Crippen molar-refractivity contribution < 1.29 is 0 Å². The highest BCUT2D eigenvalue weighted by Crippen LogP contribution is 2.36. The fourth-order valence-electron chi connectivity index (χ4n) is 4.71. The zero-order chi connectivity index (χ0) is 20.4. The van der Waals surface area contributed by atoms with Crippen LogP contribution in [0.5, 0.6) is 0 Å². The van der Waals surface area contributed by atoms with Crippen LogP contribution in [0.15, 0.2) is 78.9 Å². The van der Waals surface area contributed by atoms with E-state index in [0.29, 0.717) is 6.04 Å². The molecule has 0 bridgehead atoms. The summed E-state index contributed by atoms with van der Waals surface area (Å²) >= 11 is 0. The van der Waals surface area contributed by atoms with Crippen LogP contribution in [0, 0.1) is 12.8 Å². The molecular weight excluding hydrogens is 350 g/mol. The number of nitrogens with zero attached hydrogens (tertiary/aromatic N) is 1. The highest BCUT2D eigenvalue weighted by molar-refractivity contribution is 5.37. The van der Waals surface area contributed by atoms with Crippen LogP contribution < -0.4 is 0 Å². The summed E-state index contributed by atoms with van der Waals surface area (Å²) in [6, 6.07) is 29.3. The van der Waals surface area contributed by atoms with Gasteiger partial charge in [-0.15, -0.1) is 0 Å². The van der Waals surface area contributed by atoms with Crippen LogP contribution in [0.25, 0.3) is 0 Å². The van der Waals surface area contributed by atoms with Gasteiger partial charge in [-0.05, 0) is 46.9 Å². The Kier molecular flexibility index (Phi) is 5.61. The molecule has 1 saturated heterocycles. The van der Waals surface area contributed by atoms with E-state index in [-0.39, 0.29) is 5.41 Å². The van der Waals surface area contributed by atoms with Gasteiger partial charge in [0.1, 0.15) is 0 Å². The summed E-state index contributed by atoms with van der Waals surface area (Å²) in [5, 5.41) is 0. The average molecular weight is 384 g/mol. The molecule has 150 valence electrons. The summed E-state index contributed by atoms with van der Waals surface area (Å²) in [5.41, 5.74) is 7.39. The van der Waals surface area contributed by atoms with Crippen molar-refractivity contribution in [2.75, 3.05) is 13.1 Å². The maximum atomic E-state index is 2.64. The number of likely N-dealkylation sites (tertiary alicyclic amines) is 1. The first kappa shape index (κ1) is 19.9. The van der Waals surface area contributed by atoms with Gasteiger partial charge in [-0.3, -0.25) is 4.90 Å². The van der Waals surface area contributed by atoms with E-state index in [4.69, 9.17) is 0 Å². The van der Waals surface area contributed by atoms with Gasteiger partial charge in [0.2, 0.25) is 0 Å². The molecule has 1 nitrogen and oxygen atoms in total. The van der Waals surface area contributed by atoms with E-state index in [1.165, 1.54) is 34.2 Å². The topological polar surface area (TPSA) is 3.24 Å². The number of benzene rings is 3. The molecule has 0 aliphatic carbocycles. The van der Waals surface area contributed by atoms with Crippen LogP contribution in [-0.2, 0) is 11.8 Å². The molecule has 0 radical (unpaired) electrons. The number of aryl methyl sites for hydroxylation is 1. The molecule has 0 unspecified atom stereocenters. The van der Waals surface area contributed by atoms with Crippen molar-refractivity contribution in [3.63, 3.8) is 0 Å². The minimum Gasteiger partial charge on any atom is -0.292 e. The van der Waals surface area contributed by atoms with Gasteiger partial charge in [-0.25, -0.2) is 0 Å². The van der Waals surface area contributed by atoms with Crippen LogP contribution in [0.4, 0.5) is 0 Å². The second-order valence-electron chi connectivity index (χ2n) is 9.66. The van der Waals surface area contributed by atoms with Crippen molar-refractivity contribution in [1.29, 1.82) is 0 Å². The van der Waals surface area contributed by atoms with Crippen molar-refractivity contribution in [3.8, 4) is 0 Å². The molecule has 0 aromatic heterocycles. The fraction of sp³-hybridized carbons (Fsp3) is 0.357. The Hall–Kier alpha value is -2.38. The predicted molar refractivity (Wildman–Crippen MR) is 123 cm³/mol. The first-order valence-electron chi connectivity index (χ1n) is 10.9. The third-order valence-electron chi connectivity index (χ3n) is 6.16. The van der Waals surface area contributed by atoms with Gasteiger partial charge in [0.25, 0.3) is 0 Å². The lowest BCUT2D eigenvalue weighted by atomic mass is 9.79. The van der Waals surface area contributed by atoms with Crippen molar-refractivity contribution in [3.05, 3.63) is 107 Å². The molecule has 1 heterocycles. The molecule has 1 heteroatoms. The molecular formula is C28H33N. The van der Waals surface area contributed by atoms with E-state index in [1.807, 2.05) is 0 Å². The van der Waals surface area contributed by atoms with E-state index in [9.17, 15) is 0 Å². The zero-order valence-electron chi connectivity index (χ0n) is 18.2. The first-order chi connectivity index (χ1) is 13.9. The van der Waals surface area contributed by atoms with Gasteiger partial charge < -0.3 is 0 Å². The molecule has 0 saturated carbocycles. The fourth-order valence-corrected chi connectivity index (χ4v) is 4.71. The number of hydrogen-bond acceptors (Lipinski definition) is 1. The van der Waals surface area contributed by atoms with Crippen LogP contribution in [-0.4, -0.2) is 18.0 Å². The van der Waals surface area contributed by atoms with E-state index in [2.05, 4.69) is 111 Å². The highest BCUT2D eigenvalue weighted by atomic mass is 15.2. The summed E-state index contributed by atoms with van der Waals surface area (Å²) < 4.78 is 0. The average Bonchev–Trinajstić information content (AvgIpc) is 2.68. The number of hydrogen-bond donors (Lipinski definition) is 0. The van der Waals surface area contributed by atoms with Crippen molar-refractivity contribution in [1.82, 2.24) is 4.90 Å². The SMILES string of the molecule is Cc1ccc(CC2CN(C(c3ccccc3)c3ccccc3)C2)c(C(C)(C)C)c1. The first-order valence-corrected chi connectivity index (χ1v) is 10.9. The van der Waals surface area contributed by atoms with E-state index >= 15 is 0 Å². The van der Waals surface area contributed by atoms with Gasteiger partial charge in [0, 0.05) is 13.1 Å². The molecule has 1 aliphatic heterocycles. The minimum absolute atomic E-state index is 0.196.